The number of carbonyl (C=O) groups excluding carboxylic acids is 1. The van der Waals surface area contributed by atoms with Gasteiger partial charge in [0.05, 0.1) is 39.0 Å². The molecule has 12 heteroatoms. The van der Waals surface area contributed by atoms with Crippen molar-refractivity contribution in [3.63, 3.8) is 0 Å². The van der Waals surface area contributed by atoms with E-state index in [0.29, 0.717) is 69.3 Å². The molecule has 0 spiro atoms. The van der Waals surface area contributed by atoms with E-state index in [4.69, 9.17) is 25.2 Å². The van der Waals surface area contributed by atoms with Crippen molar-refractivity contribution >= 4 is 29.4 Å². The summed E-state index contributed by atoms with van der Waals surface area (Å²) < 4.78 is 10.7. The minimum Gasteiger partial charge on any atom is -0.393 e. The highest BCUT2D eigenvalue weighted by Gasteiger charge is 2.39. The fraction of sp³-hybridized carbons (Fsp3) is 0.667. The molecule has 230 valence electrons. The summed E-state index contributed by atoms with van der Waals surface area (Å²) in [5.74, 6) is 3.05. The SMILES string of the molecule is NCCOCCOCCNC(=O)Cc1ccc(Nc2nc(NC3CCC(O)CC3)nc(NC3CC4CCC3C4)n2)cc1. The first-order chi connectivity index (χ1) is 20.5. The molecule has 1 heterocycles. The number of aliphatic hydroxyl groups excluding tert-OH is 1. The Morgan fingerprint density at radius 1 is 0.857 bits per heavy atom. The number of aromatic nitrogens is 3. The molecular weight excluding hydrogens is 536 g/mol. The molecule has 1 aromatic carbocycles. The van der Waals surface area contributed by atoms with E-state index in [1.165, 1.54) is 25.7 Å². The zero-order chi connectivity index (χ0) is 29.1. The molecular formula is C30H46N8O4. The normalized spacial score (nSPS) is 24.9. The van der Waals surface area contributed by atoms with Crippen LogP contribution in [0.25, 0.3) is 0 Å². The first-order valence-corrected chi connectivity index (χ1v) is 15.5. The van der Waals surface area contributed by atoms with Crippen LogP contribution in [0, 0.1) is 11.8 Å². The highest BCUT2D eigenvalue weighted by Crippen LogP contribution is 2.45. The molecule has 3 fully saturated rings. The second-order valence-electron chi connectivity index (χ2n) is 11.7. The molecule has 1 aromatic heterocycles. The molecule has 0 saturated heterocycles. The van der Waals surface area contributed by atoms with Crippen molar-refractivity contribution < 1.29 is 19.4 Å². The Morgan fingerprint density at radius 3 is 2.26 bits per heavy atom. The number of rotatable bonds is 16. The minimum atomic E-state index is -0.214. The fourth-order valence-corrected chi connectivity index (χ4v) is 6.30. The van der Waals surface area contributed by atoms with Crippen LogP contribution in [0.3, 0.4) is 0 Å². The number of nitrogens with one attached hydrogen (secondary N) is 4. The van der Waals surface area contributed by atoms with E-state index in [0.717, 1.165) is 42.9 Å². The molecule has 3 atom stereocenters. The van der Waals surface area contributed by atoms with Gasteiger partial charge in [0.1, 0.15) is 0 Å². The summed E-state index contributed by atoms with van der Waals surface area (Å²) >= 11 is 0. The number of benzene rings is 1. The van der Waals surface area contributed by atoms with Gasteiger partial charge < -0.3 is 41.6 Å². The topological polar surface area (TPSA) is 169 Å². The largest absolute Gasteiger partial charge is 0.393 e. The molecule has 3 aliphatic rings. The summed E-state index contributed by atoms with van der Waals surface area (Å²) in [6, 6.07) is 8.34. The van der Waals surface area contributed by atoms with Gasteiger partial charge in [-0.15, -0.1) is 0 Å². The molecule has 7 N–H and O–H groups in total. The molecule has 3 aliphatic carbocycles. The van der Waals surface area contributed by atoms with Gasteiger partial charge >= 0.3 is 0 Å². The van der Waals surface area contributed by atoms with E-state index in [9.17, 15) is 9.90 Å². The maximum Gasteiger partial charge on any atom is 0.233 e. The third-order valence-electron chi connectivity index (χ3n) is 8.50. The van der Waals surface area contributed by atoms with Gasteiger partial charge in [0.25, 0.3) is 0 Å². The average molecular weight is 583 g/mol. The number of nitrogens with two attached hydrogens (primary N) is 1. The zero-order valence-electron chi connectivity index (χ0n) is 24.4. The van der Waals surface area contributed by atoms with Crippen molar-refractivity contribution in [2.24, 2.45) is 17.6 Å². The third-order valence-corrected chi connectivity index (χ3v) is 8.50. The number of nitrogens with zero attached hydrogens (tertiary/aromatic N) is 3. The quantitative estimate of drug-likeness (QED) is 0.161. The van der Waals surface area contributed by atoms with E-state index in [1.807, 2.05) is 24.3 Å². The van der Waals surface area contributed by atoms with Gasteiger partial charge in [-0.2, -0.15) is 15.0 Å². The van der Waals surface area contributed by atoms with Crippen molar-refractivity contribution in [3.8, 4) is 0 Å². The maximum absolute atomic E-state index is 12.3. The average Bonchev–Trinajstić information content (AvgIpc) is 3.60. The number of ether oxygens (including phenoxy) is 2. The summed E-state index contributed by atoms with van der Waals surface area (Å²) in [6.07, 6.45) is 8.50. The number of hydrogen-bond donors (Lipinski definition) is 6. The van der Waals surface area contributed by atoms with Crippen molar-refractivity contribution in [2.75, 3.05) is 55.5 Å². The molecule has 2 bridgehead atoms. The fourth-order valence-electron chi connectivity index (χ4n) is 6.30. The number of anilines is 4. The monoisotopic (exact) mass is 582 g/mol. The zero-order valence-corrected chi connectivity index (χ0v) is 24.4. The van der Waals surface area contributed by atoms with E-state index in [-0.39, 0.29) is 24.5 Å². The molecule has 0 radical (unpaired) electrons. The Kier molecular flexibility index (Phi) is 11.2. The highest BCUT2D eigenvalue weighted by molar-refractivity contribution is 5.78. The van der Waals surface area contributed by atoms with Gasteiger partial charge in [-0.05, 0) is 74.5 Å². The van der Waals surface area contributed by atoms with E-state index in [1.54, 1.807) is 0 Å². The summed E-state index contributed by atoms with van der Waals surface area (Å²) in [6.45, 7) is 2.88. The van der Waals surface area contributed by atoms with Crippen molar-refractivity contribution in [1.29, 1.82) is 0 Å². The molecule has 12 nitrogen and oxygen atoms in total. The van der Waals surface area contributed by atoms with Gasteiger partial charge in [-0.25, -0.2) is 0 Å². The lowest BCUT2D eigenvalue weighted by atomic mass is 9.93. The van der Waals surface area contributed by atoms with Gasteiger partial charge in [-0.3, -0.25) is 4.79 Å². The maximum atomic E-state index is 12.3. The van der Waals surface area contributed by atoms with Crippen LogP contribution in [-0.2, 0) is 20.7 Å². The van der Waals surface area contributed by atoms with Gasteiger partial charge in [0, 0.05) is 30.9 Å². The summed E-state index contributed by atoms with van der Waals surface area (Å²) in [5, 5.41) is 23.2. The molecule has 1 amide bonds. The molecule has 0 aliphatic heterocycles. The van der Waals surface area contributed by atoms with E-state index >= 15 is 0 Å². The van der Waals surface area contributed by atoms with Crippen LogP contribution in [0.1, 0.15) is 56.9 Å². The number of amides is 1. The molecule has 42 heavy (non-hydrogen) atoms. The smallest absolute Gasteiger partial charge is 0.233 e. The van der Waals surface area contributed by atoms with Crippen LogP contribution in [-0.4, -0.2) is 83.7 Å². The Balaban J connectivity index is 1.14. The van der Waals surface area contributed by atoms with Crippen LogP contribution in [0.5, 0.6) is 0 Å². The summed E-state index contributed by atoms with van der Waals surface area (Å²) in [5.41, 5.74) is 7.11. The molecule has 2 aromatic rings. The summed E-state index contributed by atoms with van der Waals surface area (Å²) in [7, 11) is 0. The number of hydrogen-bond acceptors (Lipinski definition) is 11. The Labute approximate surface area is 248 Å². The lowest BCUT2D eigenvalue weighted by molar-refractivity contribution is -0.120. The van der Waals surface area contributed by atoms with E-state index < -0.39 is 0 Å². The van der Waals surface area contributed by atoms with Crippen LogP contribution in [0.4, 0.5) is 23.5 Å². The number of aliphatic hydroxyl groups is 1. The van der Waals surface area contributed by atoms with Crippen LogP contribution in [0.15, 0.2) is 24.3 Å². The van der Waals surface area contributed by atoms with Crippen LogP contribution < -0.4 is 27.0 Å². The van der Waals surface area contributed by atoms with Gasteiger partial charge in [-0.1, -0.05) is 18.6 Å². The third kappa shape index (κ3) is 9.22. The predicted octanol–water partition coefficient (Wildman–Crippen LogP) is 2.58. The van der Waals surface area contributed by atoms with Gasteiger partial charge in [0.15, 0.2) is 0 Å². The minimum absolute atomic E-state index is 0.0570. The number of fused-ring (bicyclic) bond motifs is 2. The van der Waals surface area contributed by atoms with Crippen molar-refractivity contribution in [1.82, 2.24) is 20.3 Å². The predicted molar refractivity (Wildman–Crippen MR) is 162 cm³/mol. The Bertz CT molecular complexity index is 1130. The molecule has 5 rings (SSSR count). The van der Waals surface area contributed by atoms with Crippen molar-refractivity contribution in [2.45, 2.75) is 76.0 Å². The Morgan fingerprint density at radius 2 is 1.57 bits per heavy atom. The van der Waals surface area contributed by atoms with Crippen LogP contribution >= 0.6 is 0 Å². The first kappa shape index (κ1) is 30.4. The van der Waals surface area contributed by atoms with E-state index in [2.05, 4.69) is 26.3 Å². The Hall–Kier alpha value is -3.06. The second kappa shape index (κ2) is 15.4. The van der Waals surface area contributed by atoms with Crippen LogP contribution in [0.2, 0.25) is 0 Å². The molecule has 3 saturated carbocycles. The lowest BCUT2D eigenvalue weighted by Crippen LogP contribution is -2.30. The first-order valence-electron chi connectivity index (χ1n) is 15.5. The highest BCUT2D eigenvalue weighted by atomic mass is 16.5. The standard InChI is InChI=1S/C30H46N8O4/c31-11-13-41-15-16-42-14-12-32-27(40)19-20-2-5-23(6-3-20)33-28-36-29(34-24-7-9-25(39)10-8-24)38-30(37-28)35-26-18-21-1-4-22(26)17-21/h2-3,5-6,21-22,24-26,39H,1,4,7-19,31H2,(H,32,40)(H3,33,34,35,36,37,38). The lowest BCUT2D eigenvalue weighted by Gasteiger charge is -2.27. The number of carbonyl (C=O) groups is 1. The summed E-state index contributed by atoms with van der Waals surface area (Å²) in [4.78, 5) is 26.4. The van der Waals surface area contributed by atoms with Gasteiger partial charge in [0.2, 0.25) is 23.8 Å². The molecule has 3 unspecified atom stereocenters. The van der Waals surface area contributed by atoms with Crippen molar-refractivity contribution in [3.05, 3.63) is 29.8 Å². The second-order valence-corrected chi connectivity index (χ2v) is 11.7.